The van der Waals surface area contributed by atoms with Gasteiger partial charge in [0.2, 0.25) is 0 Å². The van der Waals surface area contributed by atoms with Crippen LogP contribution in [0.25, 0.3) is 0 Å². The van der Waals surface area contributed by atoms with Gasteiger partial charge in [-0.25, -0.2) is 8.42 Å². The van der Waals surface area contributed by atoms with Crippen molar-refractivity contribution in [2.24, 2.45) is 0 Å². The van der Waals surface area contributed by atoms with E-state index in [2.05, 4.69) is 0 Å². The molecule has 0 heterocycles. The van der Waals surface area contributed by atoms with E-state index in [0.717, 1.165) is 5.56 Å². The van der Waals surface area contributed by atoms with Crippen molar-refractivity contribution in [1.82, 2.24) is 0 Å². The summed E-state index contributed by atoms with van der Waals surface area (Å²) >= 11 is 0. The molecular weight excluding hydrogens is 292 g/mol. The lowest BCUT2D eigenvalue weighted by Crippen LogP contribution is -2.08. The fourth-order valence-corrected chi connectivity index (χ4v) is 3.44. The number of nitrogens with two attached hydrogens (primary N) is 1. The number of nitrogen functional groups attached to an aromatic ring is 1. The molecule has 0 saturated heterocycles. The minimum Gasteiger partial charge on any atom is -0.398 e. The van der Waals surface area contributed by atoms with Crippen molar-refractivity contribution in [2.45, 2.75) is 17.6 Å². The zero-order valence-corrected chi connectivity index (χ0v) is 12.1. The molecular formula is C14H14N2O4S. The zero-order chi connectivity index (χ0) is 15.6. The van der Waals surface area contributed by atoms with E-state index in [1.807, 2.05) is 6.92 Å². The summed E-state index contributed by atoms with van der Waals surface area (Å²) in [5, 5.41) is 10.6. The maximum absolute atomic E-state index is 12.3. The maximum Gasteiger partial charge on any atom is 0.269 e. The predicted molar refractivity (Wildman–Crippen MR) is 79.6 cm³/mol. The van der Waals surface area contributed by atoms with Crippen molar-refractivity contribution in [3.63, 3.8) is 0 Å². The van der Waals surface area contributed by atoms with Crippen LogP contribution in [0.3, 0.4) is 0 Å². The average Bonchev–Trinajstić information content (AvgIpc) is 2.38. The molecule has 110 valence electrons. The van der Waals surface area contributed by atoms with Crippen LogP contribution in [0.2, 0.25) is 0 Å². The molecule has 0 aliphatic carbocycles. The van der Waals surface area contributed by atoms with E-state index < -0.39 is 14.8 Å². The number of hydrogen-bond donors (Lipinski definition) is 1. The fourth-order valence-electron chi connectivity index (χ4n) is 1.96. The summed E-state index contributed by atoms with van der Waals surface area (Å²) in [7, 11) is -3.59. The summed E-state index contributed by atoms with van der Waals surface area (Å²) in [6, 6.07) is 10.2. The van der Waals surface area contributed by atoms with Crippen LogP contribution >= 0.6 is 0 Å². The largest absolute Gasteiger partial charge is 0.398 e. The Morgan fingerprint density at radius 3 is 2.29 bits per heavy atom. The molecule has 0 saturated carbocycles. The highest BCUT2D eigenvalue weighted by atomic mass is 32.2. The third-order valence-electron chi connectivity index (χ3n) is 3.00. The number of sulfone groups is 1. The average molecular weight is 306 g/mol. The van der Waals surface area contributed by atoms with E-state index >= 15 is 0 Å². The van der Waals surface area contributed by atoms with Gasteiger partial charge in [0.05, 0.1) is 21.3 Å². The van der Waals surface area contributed by atoms with Gasteiger partial charge >= 0.3 is 0 Å². The van der Waals surface area contributed by atoms with Crippen molar-refractivity contribution in [2.75, 3.05) is 5.73 Å². The highest BCUT2D eigenvalue weighted by molar-refractivity contribution is 7.90. The van der Waals surface area contributed by atoms with E-state index in [1.165, 1.54) is 30.3 Å². The molecule has 0 unspecified atom stereocenters. The summed E-state index contributed by atoms with van der Waals surface area (Å²) < 4.78 is 24.7. The molecule has 0 aliphatic rings. The molecule has 0 amide bonds. The van der Waals surface area contributed by atoms with Gasteiger partial charge in [-0.05, 0) is 30.2 Å². The van der Waals surface area contributed by atoms with Crippen LogP contribution < -0.4 is 5.73 Å². The molecule has 6 nitrogen and oxygen atoms in total. The molecule has 0 aromatic heterocycles. The normalized spacial score (nSPS) is 11.3. The number of anilines is 1. The molecule has 21 heavy (non-hydrogen) atoms. The summed E-state index contributed by atoms with van der Waals surface area (Å²) in [5.41, 5.74) is 7.23. The number of non-ortho nitro benzene ring substituents is 1. The maximum atomic E-state index is 12.3. The monoisotopic (exact) mass is 306 g/mol. The Morgan fingerprint density at radius 1 is 1.14 bits per heavy atom. The first-order valence-electron chi connectivity index (χ1n) is 6.12. The second-order valence-corrected chi connectivity index (χ2v) is 6.68. The highest BCUT2D eigenvalue weighted by Crippen LogP contribution is 2.24. The Bertz CT molecular complexity index is 783. The summed E-state index contributed by atoms with van der Waals surface area (Å²) in [6.45, 7) is 1.82. The summed E-state index contributed by atoms with van der Waals surface area (Å²) in [5.74, 6) is -0.252. The lowest BCUT2D eigenvalue weighted by Gasteiger charge is -2.08. The van der Waals surface area contributed by atoms with Crippen molar-refractivity contribution in [1.29, 1.82) is 0 Å². The second kappa shape index (κ2) is 5.53. The van der Waals surface area contributed by atoms with Crippen LogP contribution in [-0.2, 0) is 15.6 Å². The van der Waals surface area contributed by atoms with Gasteiger partial charge in [-0.2, -0.15) is 0 Å². The van der Waals surface area contributed by atoms with Crippen LogP contribution in [0.4, 0.5) is 11.4 Å². The summed E-state index contributed by atoms with van der Waals surface area (Å²) in [4.78, 5) is 10.1. The molecule has 2 aromatic rings. The molecule has 0 fully saturated rings. The number of nitro benzene ring substituents is 1. The first-order chi connectivity index (χ1) is 9.79. The molecule has 2 aromatic carbocycles. The Kier molecular flexibility index (Phi) is 3.95. The Labute approximate surface area is 122 Å². The summed E-state index contributed by atoms with van der Waals surface area (Å²) in [6.07, 6.45) is 0. The van der Waals surface area contributed by atoms with Crippen molar-refractivity contribution >= 4 is 21.2 Å². The molecule has 0 radical (unpaired) electrons. The van der Waals surface area contributed by atoms with Gasteiger partial charge in [0.25, 0.3) is 5.69 Å². The topological polar surface area (TPSA) is 103 Å². The SMILES string of the molecule is Cc1ccc(S(=O)(=O)Cc2ccc([N+](=O)[O-])cc2)c(N)c1. The van der Waals surface area contributed by atoms with Gasteiger partial charge in [0.15, 0.2) is 9.84 Å². The third kappa shape index (κ3) is 3.38. The molecule has 0 aliphatic heterocycles. The van der Waals surface area contributed by atoms with Gasteiger partial charge in [-0.3, -0.25) is 10.1 Å². The van der Waals surface area contributed by atoms with Crippen LogP contribution in [0, 0.1) is 17.0 Å². The molecule has 0 atom stereocenters. The van der Waals surface area contributed by atoms with Gasteiger partial charge in [0.1, 0.15) is 0 Å². The van der Waals surface area contributed by atoms with Gasteiger partial charge in [0, 0.05) is 12.1 Å². The smallest absolute Gasteiger partial charge is 0.269 e. The van der Waals surface area contributed by atoms with E-state index in [4.69, 9.17) is 5.73 Å². The number of nitrogens with zero attached hydrogens (tertiary/aromatic N) is 1. The number of rotatable bonds is 4. The van der Waals surface area contributed by atoms with E-state index in [9.17, 15) is 18.5 Å². The zero-order valence-electron chi connectivity index (χ0n) is 11.3. The van der Waals surface area contributed by atoms with Crippen molar-refractivity contribution in [3.8, 4) is 0 Å². The minimum absolute atomic E-state index is 0.0754. The molecule has 0 spiro atoms. The predicted octanol–water partition coefficient (Wildman–Crippen LogP) is 2.46. The molecule has 7 heteroatoms. The molecule has 0 bridgehead atoms. The Morgan fingerprint density at radius 2 is 1.76 bits per heavy atom. The quantitative estimate of drug-likeness (QED) is 0.531. The van der Waals surface area contributed by atoms with E-state index in [1.54, 1.807) is 12.1 Å². The second-order valence-electron chi connectivity index (χ2n) is 4.72. The van der Waals surface area contributed by atoms with Gasteiger partial charge < -0.3 is 5.73 Å². The number of aryl methyl sites for hydroxylation is 1. The first kappa shape index (κ1) is 15.0. The van der Waals surface area contributed by atoms with E-state index in [0.29, 0.717) is 5.56 Å². The van der Waals surface area contributed by atoms with Crippen LogP contribution in [0.15, 0.2) is 47.4 Å². The van der Waals surface area contributed by atoms with Gasteiger partial charge in [-0.1, -0.05) is 18.2 Å². The lowest BCUT2D eigenvalue weighted by molar-refractivity contribution is -0.384. The first-order valence-corrected chi connectivity index (χ1v) is 7.77. The Hall–Kier alpha value is -2.41. The minimum atomic E-state index is -3.59. The third-order valence-corrected chi connectivity index (χ3v) is 4.76. The number of hydrogen-bond acceptors (Lipinski definition) is 5. The lowest BCUT2D eigenvalue weighted by atomic mass is 10.2. The highest BCUT2D eigenvalue weighted by Gasteiger charge is 2.19. The number of nitro groups is 1. The molecule has 2 rings (SSSR count). The fraction of sp³-hybridized carbons (Fsp3) is 0.143. The van der Waals surface area contributed by atoms with Crippen molar-refractivity contribution in [3.05, 3.63) is 63.7 Å². The standard InChI is InChI=1S/C14H14N2O4S/c1-10-2-7-14(13(15)8-10)21(19,20)9-11-3-5-12(6-4-11)16(17)18/h2-8H,9,15H2,1H3. The van der Waals surface area contributed by atoms with Crippen LogP contribution in [0.5, 0.6) is 0 Å². The molecule has 2 N–H and O–H groups in total. The van der Waals surface area contributed by atoms with Gasteiger partial charge in [-0.15, -0.1) is 0 Å². The van der Waals surface area contributed by atoms with Crippen LogP contribution in [-0.4, -0.2) is 13.3 Å². The van der Waals surface area contributed by atoms with Crippen molar-refractivity contribution < 1.29 is 13.3 Å². The number of benzene rings is 2. The van der Waals surface area contributed by atoms with Crippen LogP contribution in [0.1, 0.15) is 11.1 Å². The van der Waals surface area contributed by atoms with E-state index in [-0.39, 0.29) is 22.0 Å². The Balaban J connectivity index is 2.30.